The molecule has 122 valence electrons. The van der Waals surface area contributed by atoms with E-state index in [9.17, 15) is 4.79 Å². The number of aryl methyl sites for hydroxylation is 1. The van der Waals surface area contributed by atoms with E-state index < -0.39 is 0 Å². The molecular formula is C19H24N2O2. The topological polar surface area (TPSA) is 55.6 Å². The summed E-state index contributed by atoms with van der Waals surface area (Å²) in [5.74, 6) is 0.786. The third kappa shape index (κ3) is 4.74. The number of carbonyl (C=O) groups excluding carboxylic acids is 1. The predicted octanol–water partition coefficient (Wildman–Crippen LogP) is 3.79. The van der Waals surface area contributed by atoms with Crippen LogP contribution < -0.4 is 15.4 Å². The first-order valence-electron chi connectivity index (χ1n) is 7.96. The van der Waals surface area contributed by atoms with Crippen molar-refractivity contribution >= 4 is 17.3 Å². The second kappa shape index (κ2) is 8.22. The van der Waals surface area contributed by atoms with Crippen LogP contribution in [-0.4, -0.2) is 19.1 Å². The van der Waals surface area contributed by atoms with Crippen molar-refractivity contribution in [1.82, 2.24) is 0 Å². The average Bonchev–Trinajstić information content (AvgIpc) is 2.54. The summed E-state index contributed by atoms with van der Waals surface area (Å²) in [6, 6.07) is 15.4. The van der Waals surface area contributed by atoms with Crippen molar-refractivity contribution in [3.63, 3.8) is 0 Å². The van der Waals surface area contributed by atoms with Crippen LogP contribution in [0, 0.1) is 6.92 Å². The number of nitrogen functional groups attached to an aromatic ring is 1. The van der Waals surface area contributed by atoms with Crippen LogP contribution in [0.3, 0.4) is 0 Å². The van der Waals surface area contributed by atoms with Gasteiger partial charge in [-0.2, -0.15) is 0 Å². The number of anilines is 2. The first-order valence-corrected chi connectivity index (χ1v) is 7.96. The molecular weight excluding hydrogens is 288 g/mol. The van der Waals surface area contributed by atoms with E-state index in [0.717, 1.165) is 11.3 Å². The van der Waals surface area contributed by atoms with Crippen LogP contribution in [0.2, 0.25) is 0 Å². The molecule has 0 fully saturated rings. The molecule has 0 aliphatic heterocycles. The zero-order valence-corrected chi connectivity index (χ0v) is 13.8. The second-order valence-electron chi connectivity index (χ2n) is 5.47. The van der Waals surface area contributed by atoms with Crippen LogP contribution >= 0.6 is 0 Å². The minimum absolute atomic E-state index is 0.114. The van der Waals surface area contributed by atoms with Crippen LogP contribution in [0.15, 0.2) is 48.5 Å². The lowest BCUT2D eigenvalue weighted by Gasteiger charge is -2.21. The van der Waals surface area contributed by atoms with Gasteiger partial charge in [-0.25, -0.2) is 0 Å². The molecule has 0 radical (unpaired) electrons. The summed E-state index contributed by atoms with van der Waals surface area (Å²) in [7, 11) is 0. The Morgan fingerprint density at radius 1 is 1.17 bits per heavy atom. The van der Waals surface area contributed by atoms with Gasteiger partial charge in [-0.15, -0.1) is 0 Å². The van der Waals surface area contributed by atoms with Gasteiger partial charge in [0.1, 0.15) is 5.75 Å². The van der Waals surface area contributed by atoms with Gasteiger partial charge < -0.3 is 15.4 Å². The average molecular weight is 312 g/mol. The first kappa shape index (κ1) is 16.9. The Morgan fingerprint density at radius 2 is 1.96 bits per heavy atom. The summed E-state index contributed by atoms with van der Waals surface area (Å²) in [6.07, 6.45) is 1.12. The van der Waals surface area contributed by atoms with E-state index >= 15 is 0 Å². The van der Waals surface area contributed by atoms with Crippen molar-refractivity contribution in [3.05, 3.63) is 54.1 Å². The molecule has 4 nitrogen and oxygen atoms in total. The highest BCUT2D eigenvalue weighted by Gasteiger charge is 2.13. The summed E-state index contributed by atoms with van der Waals surface area (Å²) in [4.78, 5) is 14.2. The van der Waals surface area contributed by atoms with Crippen molar-refractivity contribution in [2.75, 3.05) is 23.8 Å². The van der Waals surface area contributed by atoms with Crippen molar-refractivity contribution in [2.45, 2.75) is 26.7 Å². The molecule has 2 aromatic carbocycles. The fourth-order valence-corrected chi connectivity index (χ4v) is 2.45. The van der Waals surface area contributed by atoms with Gasteiger partial charge in [-0.05, 0) is 50.1 Å². The van der Waals surface area contributed by atoms with Gasteiger partial charge in [0.25, 0.3) is 0 Å². The van der Waals surface area contributed by atoms with E-state index in [2.05, 4.69) is 0 Å². The molecule has 2 rings (SSSR count). The van der Waals surface area contributed by atoms with Crippen LogP contribution in [0.5, 0.6) is 5.75 Å². The lowest BCUT2D eigenvalue weighted by atomic mass is 10.2. The zero-order chi connectivity index (χ0) is 16.7. The van der Waals surface area contributed by atoms with Crippen LogP contribution in [0.25, 0.3) is 0 Å². The summed E-state index contributed by atoms with van der Waals surface area (Å²) in [5, 5.41) is 0. The number of benzene rings is 2. The van der Waals surface area contributed by atoms with Gasteiger partial charge >= 0.3 is 0 Å². The predicted molar refractivity (Wildman–Crippen MR) is 94.8 cm³/mol. The minimum Gasteiger partial charge on any atom is -0.491 e. The molecule has 0 heterocycles. The maximum atomic E-state index is 12.4. The molecule has 4 heteroatoms. The molecule has 0 saturated carbocycles. The molecule has 0 aliphatic carbocycles. The van der Waals surface area contributed by atoms with Gasteiger partial charge in [0.15, 0.2) is 0 Å². The fourth-order valence-electron chi connectivity index (χ4n) is 2.45. The molecule has 0 aliphatic rings. The number of nitrogens with zero attached hydrogens (tertiary/aromatic N) is 1. The van der Waals surface area contributed by atoms with Crippen molar-refractivity contribution in [1.29, 1.82) is 0 Å². The first-order chi connectivity index (χ1) is 11.1. The van der Waals surface area contributed by atoms with Gasteiger partial charge in [-0.1, -0.05) is 24.3 Å². The van der Waals surface area contributed by atoms with E-state index in [1.54, 1.807) is 6.07 Å². The molecule has 0 aromatic heterocycles. The molecule has 1 amide bonds. The zero-order valence-electron chi connectivity index (χ0n) is 13.8. The summed E-state index contributed by atoms with van der Waals surface area (Å²) in [5.41, 5.74) is 8.54. The SMILES string of the molecule is CCN(C(=O)CCCOc1ccccc1N)c1cccc(C)c1. The molecule has 2 N–H and O–H groups in total. The van der Waals surface area contributed by atoms with Crippen LogP contribution in [-0.2, 0) is 4.79 Å². The van der Waals surface area contributed by atoms with Gasteiger partial charge in [0.05, 0.1) is 12.3 Å². The Kier molecular flexibility index (Phi) is 6.03. The Hall–Kier alpha value is -2.49. The lowest BCUT2D eigenvalue weighted by Crippen LogP contribution is -2.30. The standard InChI is InChI=1S/C19H24N2O2/c1-3-21(16-9-6-8-15(2)14-16)19(22)12-7-13-23-18-11-5-4-10-17(18)20/h4-6,8-11,14H,3,7,12-13,20H2,1-2H3. The van der Waals surface area contributed by atoms with Crippen molar-refractivity contribution in [2.24, 2.45) is 0 Å². The van der Waals surface area contributed by atoms with Crippen LogP contribution in [0.4, 0.5) is 11.4 Å². The normalized spacial score (nSPS) is 10.3. The number of nitrogens with two attached hydrogens (primary N) is 1. The Labute approximate surface area is 137 Å². The van der Waals surface area contributed by atoms with E-state index in [-0.39, 0.29) is 5.91 Å². The molecule has 0 saturated heterocycles. The molecule has 0 bridgehead atoms. The number of amides is 1. The molecule has 0 unspecified atom stereocenters. The lowest BCUT2D eigenvalue weighted by molar-refractivity contribution is -0.118. The summed E-state index contributed by atoms with van der Waals surface area (Å²) >= 11 is 0. The quantitative estimate of drug-likeness (QED) is 0.625. The van der Waals surface area contributed by atoms with E-state index in [1.807, 2.05) is 61.2 Å². The number of para-hydroxylation sites is 2. The smallest absolute Gasteiger partial charge is 0.227 e. The number of rotatable bonds is 7. The monoisotopic (exact) mass is 312 g/mol. The van der Waals surface area contributed by atoms with Crippen molar-refractivity contribution in [3.8, 4) is 5.75 Å². The molecule has 23 heavy (non-hydrogen) atoms. The molecule has 0 spiro atoms. The van der Waals surface area contributed by atoms with E-state index in [4.69, 9.17) is 10.5 Å². The third-order valence-electron chi connectivity index (χ3n) is 3.64. The maximum absolute atomic E-state index is 12.4. The highest BCUT2D eigenvalue weighted by molar-refractivity contribution is 5.93. The summed E-state index contributed by atoms with van der Waals surface area (Å²) < 4.78 is 5.63. The highest BCUT2D eigenvalue weighted by Crippen LogP contribution is 2.20. The Balaban J connectivity index is 1.85. The number of ether oxygens (including phenoxy) is 1. The Morgan fingerprint density at radius 3 is 2.65 bits per heavy atom. The molecule has 2 aromatic rings. The largest absolute Gasteiger partial charge is 0.491 e. The third-order valence-corrected chi connectivity index (χ3v) is 3.64. The number of hydrogen-bond donors (Lipinski definition) is 1. The van der Waals surface area contributed by atoms with Crippen LogP contribution in [0.1, 0.15) is 25.3 Å². The van der Waals surface area contributed by atoms with E-state index in [0.29, 0.717) is 37.4 Å². The fraction of sp³-hybridized carbons (Fsp3) is 0.316. The second-order valence-corrected chi connectivity index (χ2v) is 5.47. The van der Waals surface area contributed by atoms with Crippen molar-refractivity contribution < 1.29 is 9.53 Å². The minimum atomic E-state index is 0.114. The summed E-state index contributed by atoms with van der Waals surface area (Å²) in [6.45, 7) is 5.15. The highest BCUT2D eigenvalue weighted by atomic mass is 16.5. The van der Waals surface area contributed by atoms with Gasteiger partial charge in [-0.3, -0.25) is 4.79 Å². The number of carbonyl (C=O) groups is 1. The van der Waals surface area contributed by atoms with Gasteiger partial charge in [0, 0.05) is 18.7 Å². The number of hydrogen-bond acceptors (Lipinski definition) is 3. The maximum Gasteiger partial charge on any atom is 0.227 e. The molecule has 0 atom stereocenters. The van der Waals surface area contributed by atoms with Gasteiger partial charge in [0.2, 0.25) is 5.91 Å². The Bertz CT molecular complexity index is 655. The van der Waals surface area contributed by atoms with E-state index in [1.165, 1.54) is 0 Å².